The van der Waals surface area contributed by atoms with Crippen LogP contribution in [0.2, 0.25) is 0 Å². The van der Waals surface area contributed by atoms with Gasteiger partial charge < -0.3 is 4.74 Å². The van der Waals surface area contributed by atoms with Crippen molar-refractivity contribution in [3.8, 4) is 0 Å². The van der Waals surface area contributed by atoms with Crippen molar-refractivity contribution in [2.45, 2.75) is 24.6 Å². The lowest BCUT2D eigenvalue weighted by atomic mass is 9.81. The van der Waals surface area contributed by atoms with Gasteiger partial charge in [0.25, 0.3) is 11.8 Å². The quantitative estimate of drug-likeness (QED) is 0.375. The molecule has 4 aromatic carbocycles. The number of amides is 2. The van der Waals surface area contributed by atoms with Gasteiger partial charge in [-0.2, -0.15) is 0 Å². The minimum Gasteiger partial charge on any atom is -0.466 e. The van der Waals surface area contributed by atoms with Gasteiger partial charge in [0.15, 0.2) is 11.6 Å². The molecule has 0 radical (unpaired) electrons. The Hall–Kier alpha value is -4.51. The Morgan fingerprint density at radius 1 is 0.833 bits per heavy atom. The van der Waals surface area contributed by atoms with Gasteiger partial charge >= 0.3 is 0 Å². The first-order valence-electron chi connectivity index (χ1n) is 12.0. The number of benzene rings is 4. The first-order valence-corrected chi connectivity index (χ1v) is 12.0. The lowest BCUT2D eigenvalue weighted by Crippen LogP contribution is -2.51. The number of imide groups is 1. The molecule has 2 amide bonds. The molecule has 2 heterocycles. The predicted molar refractivity (Wildman–Crippen MR) is 137 cm³/mol. The van der Waals surface area contributed by atoms with Gasteiger partial charge in [0.1, 0.15) is 0 Å². The second-order valence-corrected chi connectivity index (χ2v) is 9.13. The van der Waals surface area contributed by atoms with Crippen molar-refractivity contribution in [1.29, 1.82) is 0 Å². The molecular weight excluding hydrogens is 448 g/mol. The molecule has 36 heavy (non-hydrogen) atoms. The van der Waals surface area contributed by atoms with Crippen LogP contribution in [-0.2, 0) is 22.5 Å². The van der Waals surface area contributed by atoms with Crippen LogP contribution >= 0.6 is 0 Å². The van der Waals surface area contributed by atoms with Gasteiger partial charge in [-0.15, -0.1) is 0 Å². The van der Waals surface area contributed by atoms with E-state index in [1.807, 2.05) is 91.0 Å². The summed E-state index contributed by atoms with van der Waals surface area (Å²) in [5.41, 5.74) is 2.62. The highest BCUT2D eigenvalue weighted by molar-refractivity contribution is 6.10. The van der Waals surface area contributed by atoms with Crippen molar-refractivity contribution < 1.29 is 14.3 Å². The summed E-state index contributed by atoms with van der Waals surface area (Å²) in [5.74, 6) is -0.284. The van der Waals surface area contributed by atoms with Crippen molar-refractivity contribution in [2.24, 2.45) is 4.99 Å². The molecular formula is C31H24N2O3. The van der Waals surface area contributed by atoms with Gasteiger partial charge in [-0.05, 0) is 35.4 Å². The molecule has 0 bridgehead atoms. The van der Waals surface area contributed by atoms with E-state index in [4.69, 9.17) is 9.73 Å². The molecule has 0 unspecified atom stereocenters. The summed E-state index contributed by atoms with van der Waals surface area (Å²) in [6, 6.07) is 36.1. The highest BCUT2D eigenvalue weighted by atomic mass is 16.5. The Balaban J connectivity index is 1.56. The van der Waals surface area contributed by atoms with Crippen molar-refractivity contribution in [2.75, 3.05) is 0 Å². The van der Waals surface area contributed by atoms with Crippen molar-refractivity contribution in [1.82, 2.24) is 4.90 Å². The average molecular weight is 473 g/mol. The van der Waals surface area contributed by atoms with Gasteiger partial charge in [-0.25, -0.2) is 4.99 Å². The molecule has 0 aromatic heterocycles. The first-order chi connectivity index (χ1) is 17.7. The molecule has 5 nitrogen and oxygen atoms in total. The minimum absolute atomic E-state index is 0.162. The zero-order chi connectivity index (χ0) is 24.5. The van der Waals surface area contributed by atoms with Gasteiger partial charge in [0.05, 0.1) is 6.54 Å². The number of nitrogens with zero attached hydrogens (tertiary/aromatic N) is 2. The SMILES string of the molecule is O=C(c1ccccc1)N1Cc2ccccc2[C@@H]2OC(c3ccccc3)=N[C@]2(Cc2ccccc2)C1=O. The van der Waals surface area contributed by atoms with Crippen molar-refractivity contribution in [3.05, 3.63) is 143 Å². The van der Waals surface area contributed by atoms with Gasteiger partial charge in [-0.3, -0.25) is 14.5 Å². The molecule has 6 rings (SSSR count). The van der Waals surface area contributed by atoms with Crippen molar-refractivity contribution >= 4 is 17.7 Å². The van der Waals surface area contributed by atoms with Crippen LogP contribution in [-0.4, -0.2) is 28.2 Å². The third kappa shape index (κ3) is 3.69. The molecule has 176 valence electrons. The van der Waals surface area contributed by atoms with Crippen LogP contribution in [0.15, 0.2) is 120 Å². The summed E-state index contributed by atoms with van der Waals surface area (Å²) in [7, 11) is 0. The minimum atomic E-state index is -1.33. The number of carbonyl (C=O) groups is 2. The highest BCUT2D eigenvalue weighted by Crippen LogP contribution is 2.46. The molecule has 0 saturated heterocycles. The molecule has 2 aliphatic rings. The van der Waals surface area contributed by atoms with E-state index in [1.165, 1.54) is 4.90 Å². The number of hydrogen-bond donors (Lipinski definition) is 0. The third-order valence-corrected chi connectivity index (χ3v) is 6.85. The van der Waals surface area contributed by atoms with Crippen LogP contribution in [0, 0.1) is 0 Å². The topological polar surface area (TPSA) is 59.0 Å². The summed E-state index contributed by atoms with van der Waals surface area (Å²) in [5, 5.41) is 0. The van der Waals surface area contributed by atoms with Crippen molar-refractivity contribution in [3.63, 3.8) is 0 Å². The monoisotopic (exact) mass is 472 g/mol. The number of aliphatic imine (C=N–C) groups is 1. The van der Waals surface area contributed by atoms with Crippen LogP contribution < -0.4 is 0 Å². The fourth-order valence-electron chi connectivity index (χ4n) is 5.09. The molecule has 2 atom stereocenters. The summed E-state index contributed by atoms with van der Waals surface area (Å²) < 4.78 is 6.53. The van der Waals surface area contributed by atoms with E-state index in [2.05, 4.69) is 0 Å². The maximum atomic E-state index is 14.5. The van der Waals surface area contributed by atoms with Crippen LogP contribution in [0.25, 0.3) is 0 Å². The van der Waals surface area contributed by atoms with E-state index in [1.54, 1.807) is 24.3 Å². The van der Waals surface area contributed by atoms with E-state index in [9.17, 15) is 9.59 Å². The molecule has 5 heteroatoms. The predicted octanol–water partition coefficient (Wildman–Crippen LogP) is 5.37. The van der Waals surface area contributed by atoms with Gasteiger partial charge in [0, 0.05) is 23.1 Å². The Labute approximate surface area is 209 Å². The second-order valence-electron chi connectivity index (χ2n) is 9.13. The Morgan fingerprint density at radius 3 is 2.17 bits per heavy atom. The molecule has 0 saturated carbocycles. The maximum absolute atomic E-state index is 14.5. The van der Waals surface area contributed by atoms with Crippen LogP contribution in [0.5, 0.6) is 0 Å². The third-order valence-electron chi connectivity index (χ3n) is 6.85. The van der Waals surface area contributed by atoms with Crippen LogP contribution in [0.4, 0.5) is 0 Å². The molecule has 0 N–H and O–H groups in total. The normalized spacial score (nSPS) is 20.6. The average Bonchev–Trinajstić information content (AvgIpc) is 3.29. The van der Waals surface area contributed by atoms with E-state index in [0.717, 1.165) is 22.3 Å². The van der Waals surface area contributed by atoms with Gasteiger partial charge in [-0.1, -0.05) is 91.0 Å². The lowest BCUT2D eigenvalue weighted by Gasteiger charge is -2.31. The van der Waals surface area contributed by atoms with E-state index in [0.29, 0.717) is 17.9 Å². The Kier molecular flexibility index (Phi) is 5.45. The standard InChI is InChI=1S/C31H24N2O3/c34-29(24-16-8-3-9-17-24)33-21-25-18-10-11-19-26(25)27-31(30(33)35,20-22-12-4-1-5-13-22)32-28(36-27)23-14-6-2-7-15-23/h1-19,27H,20-21H2/t27-,31-/m0/s1. The number of hydrogen-bond acceptors (Lipinski definition) is 4. The van der Waals surface area contributed by atoms with Crippen LogP contribution in [0.1, 0.15) is 38.7 Å². The largest absolute Gasteiger partial charge is 0.466 e. The zero-order valence-electron chi connectivity index (χ0n) is 19.6. The van der Waals surface area contributed by atoms with E-state index >= 15 is 0 Å². The maximum Gasteiger partial charge on any atom is 0.262 e. The Bertz CT molecular complexity index is 1450. The zero-order valence-corrected chi connectivity index (χ0v) is 19.6. The fraction of sp³-hybridized carbons (Fsp3) is 0.129. The highest BCUT2D eigenvalue weighted by Gasteiger charge is 2.57. The first kappa shape index (κ1) is 22.0. The fourth-order valence-corrected chi connectivity index (χ4v) is 5.09. The summed E-state index contributed by atoms with van der Waals surface area (Å²) in [6.45, 7) is 0.162. The number of fused-ring (bicyclic) bond motifs is 3. The number of carbonyl (C=O) groups excluding carboxylic acids is 2. The van der Waals surface area contributed by atoms with E-state index < -0.39 is 11.6 Å². The lowest BCUT2D eigenvalue weighted by molar-refractivity contribution is -0.136. The van der Waals surface area contributed by atoms with Crippen LogP contribution in [0.3, 0.4) is 0 Å². The summed E-state index contributed by atoms with van der Waals surface area (Å²) >= 11 is 0. The number of ether oxygens (including phenoxy) is 1. The second kappa shape index (κ2) is 8.93. The molecule has 0 fully saturated rings. The Morgan fingerprint density at radius 2 is 1.44 bits per heavy atom. The molecule has 2 aliphatic heterocycles. The number of rotatable bonds is 4. The van der Waals surface area contributed by atoms with Gasteiger partial charge in [0.2, 0.25) is 5.90 Å². The molecule has 4 aromatic rings. The van der Waals surface area contributed by atoms with E-state index in [-0.39, 0.29) is 18.4 Å². The summed E-state index contributed by atoms with van der Waals surface area (Å²) in [6.07, 6.45) is -0.356. The smallest absolute Gasteiger partial charge is 0.262 e. The molecule has 0 aliphatic carbocycles. The molecule has 0 spiro atoms. The summed E-state index contributed by atoms with van der Waals surface area (Å²) in [4.78, 5) is 34.6.